The zero-order valence-electron chi connectivity index (χ0n) is 12.6. The molecule has 2 fully saturated rings. The summed E-state index contributed by atoms with van der Waals surface area (Å²) in [5.74, 6) is 0.195. The fourth-order valence-corrected chi connectivity index (χ4v) is 3.84. The highest BCUT2D eigenvalue weighted by Gasteiger charge is 2.43. The molecule has 2 saturated heterocycles. The Morgan fingerprint density at radius 1 is 1.26 bits per heavy atom. The molecule has 0 radical (unpaired) electrons. The van der Waals surface area contributed by atoms with Gasteiger partial charge in [0.05, 0.1) is 6.04 Å². The van der Waals surface area contributed by atoms with Gasteiger partial charge in [-0.15, -0.1) is 0 Å². The predicted molar refractivity (Wildman–Crippen MR) is 77.8 cm³/mol. The third-order valence-electron chi connectivity index (χ3n) is 4.98. The van der Waals surface area contributed by atoms with E-state index in [2.05, 4.69) is 31.0 Å². The molecule has 3 unspecified atom stereocenters. The van der Waals surface area contributed by atoms with Crippen LogP contribution in [0.2, 0.25) is 0 Å². The van der Waals surface area contributed by atoms with Crippen LogP contribution in [0.3, 0.4) is 0 Å². The summed E-state index contributed by atoms with van der Waals surface area (Å²) in [6, 6.07) is 1.70. The van der Waals surface area contributed by atoms with E-state index in [1.165, 1.54) is 12.8 Å². The van der Waals surface area contributed by atoms with E-state index >= 15 is 0 Å². The van der Waals surface area contributed by atoms with E-state index in [0.717, 1.165) is 25.7 Å². The molecule has 4 heteroatoms. The van der Waals surface area contributed by atoms with Crippen LogP contribution in [0.5, 0.6) is 0 Å². The first-order valence-electron chi connectivity index (χ1n) is 7.90. The molecule has 0 aromatic heterocycles. The van der Waals surface area contributed by atoms with E-state index in [9.17, 15) is 4.79 Å². The molecule has 3 N–H and O–H groups in total. The summed E-state index contributed by atoms with van der Waals surface area (Å²) in [4.78, 5) is 14.8. The summed E-state index contributed by atoms with van der Waals surface area (Å²) >= 11 is 0. The standard InChI is InChI=1S/C15H29N3O/c1-4-12(5-2)17-15(19)10(3)18-13-6-7-14(18)9-11(16)8-13/h10-14H,4-9,16H2,1-3H3,(H,17,19). The van der Waals surface area contributed by atoms with Crippen LogP contribution in [0, 0.1) is 0 Å². The Labute approximate surface area is 117 Å². The van der Waals surface area contributed by atoms with Gasteiger partial charge in [-0.05, 0) is 45.4 Å². The van der Waals surface area contributed by atoms with Gasteiger partial charge in [-0.3, -0.25) is 9.69 Å². The van der Waals surface area contributed by atoms with Crippen molar-refractivity contribution in [3.8, 4) is 0 Å². The predicted octanol–water partition coefficient (Wildman–Crippen LogP) is 1.63. The first-order valence-corrected chi connectivity index (χ1v) is 7.90. The van der Waals surface area contributed by atoms with Crippen molar-refractivity contribution >= 4 is 5.91 Å². The minimum absolute atomic E-state index is 0.00870. The van der Waals surface area contributed by atoms with Crippen LogP contribution in [0.15, 0.2) is 0 Å². The van der Waals surface area contributed by atoms with E-state index in [-0.39, 0.29) is 11.9 Å². The average Bonchev–Trinajstić information content (AvgIpc) is 2.66. The molecule has 0 spiro atoms. The maximum Gasteiger partial charge on any atom is 0.237 e. The summed E-state index contributed by atoms with van der Waals surface area (Å²) in [7, 11) is 0. The lowest BCUT2D eigenvalue weighted by molar-refractivity contribution is -0.128. The van der Waals surface area contributed by atoms with Crippen molar-refractivity contribution in [2.75, 3.05) is 0 Å². The number of rotatable bonds is 5. The van der Waals surface area contributed by atoms with Gasteiger partial charge in [0.15, 0.2) is 0 Å². The number of nitrogens with two attached hydrogens (primary N) is 1. The first kappa shape index (κ1) is 14.8. The minimum Gasteiger partial charge on any atom is -0.352 e. The summed E-state index contributed by atoms with van der Waals surface area (Å²) in [5.41, 5.74) is 6.09. The van der Waals surface area contributed by atoms with Gasteiger partial charge < -0.3 is 11.1 Å². The number of carbonyl (C=O) groups is 1. The molecule has 2 heterocycles. The van der Waals surface area contributed by atoms with E-state index in [1.54, 1.807) is 0 Å². The highest BCUT2D eigenvalue weighted by atomic mass is 16.2. The van der Waals surface area contributed by atoms with Gasteiger partial charge in [0.1, 0.15) is 0 Å². The largest absolute Gasteiger partial charge is 0.352 e. The lowest BCUT2D eigenvalue weighted by atomic mass is 9.96. The lowest BCUT2D eigenvalue weighted by Gasteiger charge is -2.41. The number of hydrogen-bond acceptors (Lipinski definition) is 3. The molecule has 110 valence electrons. The zero-order chi connectivity index (χ0) is 14.0. The average molecular weight is 267 g/mol. The Morgan fingerprint density at radius 2 is 1.79 bits per heavy atom. The molecule has 0 saturated carbocycles. The van der Waals surface area contributed by atoms with Gasteiger partial charge in [0, 0.05) is 24.2 Å². The van der Waals surface area contributed by atoms with Gasteiger partial charge >= 0.3 is 0 Å². The van der Waals surface area contributed by atoms with Crippen LogP contribution < -0.4 is 11.1 Å². The molecule has 2 bridgehead atoms. The minimum atomic E-state index is -0.00870. The number of nitrogens with one attached hydrogen (secondary N) is 1. The number of fused-ring (bicyclic) bond motifs is 2. The van der Waals surface area contributed by atoms with Crippen LogP contribution in [0.25, 0.3) is 0 Å². The van der Waals surface area contributed by atoms with Crippen molar-refractivity contribution in [3.63, 3.8) is 0 Å². The molecule has 0 aromatic rings. The van der Waals surface area contributed by atoms with E-state index in [0.29, 0.717) is 24.2 Å². The Kier molecular flexibility index (Phi) is 4.85. The number of carbonyl (C=O) groups excluding carboxylic acids is 1. The molecule has 3 atom stereocenters. The molecule has 0 aromatic carbocycles. The van der Waals surface area contributed by atoms with E-state index < -0.39 is 0 Å². The van der Waals surface area contributed by atoms with Gasteiger partial charge in [0.25, 0.3) is 0 Å². The lowest BCUT2D eigenvalue weighted by Crippen LogP contribution is -2.56. The van der Waals surface area contributed by atoms with Gasteiger partial charge in [-0.25, -0.2) is 0 Å². The van der Waals surface area contributed by atoms with Crippen molar-refractivity contribution in [1.29, 1.82) is 0 Å². The summed E-state index contributed by atoms with van der Waals surface area (Å²) < 4.78 is 0. The fraction of sp³-hybridized carbons (Fsp3) is 0.933. The normalized spacial score (nSPS) is 32.6. The summed E-state index contributed by atoms with van der Waals surface area (Å²) in [6.45, 7) is 6.31. The molecule has 2 aliphatic heterocycles. The fourth-order valence-electron chi connectivity index (χ4n) is 3.84. The van der Waals surface area contributed by atoms with Crippen molar-refractivity contribution in [2.45, 2.75) is 89.5 Å². The molecule has 2 rings (SSSR count). The van der Waals surface area contributed by atoms with Crippen molar-refractivity contribution in [1.82, 2.24) is 10.2 Å². The monoisotopic (exact) mass is 267 g/mol. The number of amides is 1. The maximum atomic E-state index is 12.4. The molecule has 2 aliphatic rings. The molecular weight excluding hydrogens is 238 g/mol. The zero-order valence-corrected chi connectivity index (χ0v) is 12.6. The highest BCUT2D eigenvalue weighted by molar-refractivity contribution is 5.81. The smallest absolute Gasteiger partial charge is 0.237 e. The molecule has 19 heavy (non-hydrogen) atoms. The highest BCUT2D eigenvalue weighted by Crippen LogP contribution is 2.36. The van der Waals surface area contributed by atoms with Crippen LogP contribution in [0.1, 0.15) is 59.3 Å². The van der Waals surface area contributed by atoms with Crippen LogP contribution >= 0.6 is 0 Å². The van der Waals surface area contributed by atoms with Gasteiger partial charge in [0.2, 0.25) is 5.91 Å². The van der Waals surface area contributed by atoms with E-state index in [1.807, 2.05) is 0 Å². The third kappa shape index (κ3) is 3.11. The Bertz CT molecular complexity index is 303. The molecule has 1 amide bonds. The van der Waals surface area contributed by atoms with Crippen LogP contribution in [-0.4, -0.2) is 41.0 Å². The first-order chi connectivity index (χ1) is 9.06. The Morgan fingerprint density at radius 3 is 2.26 bits per heavy atom. The molecule has 4 nitrogen and oxygen atoms in total. The number of nitrogens with zero attached hydrogens (tertiary/aromatic N) is 1. The van der Waals surface area contributed by atoms with Crippen molar-refractivity contribution in [2.24, 2.45) is 5.73 Å². The Balaban J connectivity index is 1.96. The van der Waals surface area contributed by atoms with Crippen LogP contribution in [0.4, 0.5) is 0 Å². The summed E-state index contributed by atoms with van der Waals surface area (Å²) in [5, 5.41) is 3.18. The maximum absolute atomic E-state index is 12.4. The number of piperidine rings is 1. The quantitative estimate of drug-likeness (QED) is 0.796. The van der Waals surface area contributed by atoms with Gasteiger partial charge in [-0.1, -0.05) is 13.8 Å². The second kappa shape index (κ2) is 6.23. The second-order valence-electron chi connectivity index (χ2n) is 6.26. The number of hydrogen-bond donors (Lipinski definition) is 2. The second-order valence-corrected chi connectivity index (χ2v) is 6.26. The third-order valence-corrected chi connectivity index (χ3v) is 4.98. The molecular formula is C15H29N3O. The SMILES string of the molecule is CCC(CC)NC(=O)C(C)N1C2CCC1CC(N)C2. The van der Waals surface area contributed by atoms with E-state index in [4.69, 9.17) is 5.73 Å². The van der Waals surface area contributed by atoms with Crippen LogP contribution in [-0.2, 0) is 4.79 Å². The van der Waals surface area contributed by atoms with Gasteiger partial charge in [-0.2, -0.15) is 0 Å². The Hall–Kier alpha value is -0.610. The van der Waals surface area contributed by atoms with Crippen molar-refractivity contribution in [3.05, 3.63) is 0 Å². The molecule has 0 aliphatic carbocycles. The summed E-state index contributed by atoms with van der Waals surface area (Å²) in [6.07, 6.45) is 6.54. The topological polar surface area (TPSA) is 58.4 Å². The van der Waals surface area contributed by atoms with Crippen molar-refractivity contribution < 1.29 is 4.79 Å².